The normalized spacial score (nSPS) is 10.3. The summed E-state index contributed by atoms with van der Waals surface area (Å²) >= 11 is 23.5. The second-order valence-corrected chi connectivity index (χ2v) is 5.23. The van der Waals surface area contributed by atoms with Crippen LogP contribution in [0, 0.1) is 0 Å². The predicted octanol–water partition coefficient (Wildman–Crippen LogP) is 5.52. The van der Waals surface area contributed by atoms with Gasteiger partial charge in [0.1, 0.15) is 0 Å². The summed E-state index contributed by atoms with van der Waals surface area (Å²) in [7, 11) is 0. The van der Waals surface area contributed by atoms with E-state index < -0.39 is 5.97 Å². The van der Waals surface area contributed by atoms with Crippen LogP contribution < -0.4 is 4.74 Å². The first kappa shape index (κ1) is 14.5. The van der Waals surface area contributed by atoms with Gasteiger partial charge < -0.3 is 4.74 Å². The molecule has 2 aromatic rings. The Morgan fingerprint density at radius 3 is 2.05 bits per heavy atom. The molecule has 0 N–H and O–H groups in total. The van der Waals surface area contributed by atoms with Gasteiger partial charge in [0.2, 0.25) is 0 Å². The molecule has 98 valence electrons. The fourth-order valence-corrected chi connectivity index (χ4v) is 2.51. The molecule has 0 amide bonds. The molecule has 0 fully saturated rings. The van der Waals surface area contributed by atoms with Crippen molar-refractivity contribution in [1.82, 2.24) is 0 Å². The third-order valence-corrected chi connectivity index (χ3v) is 3.36. The van der Waals surface area contributed by atoms with Gasteiger partial charge in [-0.15, -0.1) is 0 Å². The Bertz CT molecular complexity index is 617. The van der Waals surface area contributed by atoms with E-state index in [9.17, 15) is 4.79 Å². The summed E-state index contributed by atoms with van der Waals surface area (Å²) in [4.78, 5) is 12.0. The fourth-order valence-electron chi connectivity index (χ4n) is 1.40. The molecule has 0 aromatic heterocycles. The van der Waals surface area contributed by atoms with Crippen molar-refractivity contribution < 1.29 is 9.53 Å². The van der Waals surface area contributed by atoms with Gasteiger partial charge in [-0.1, -0.05) is 58.5 Å². The van der Waals surface area contributed by atoms with E-state index in [0.717, 1.165) is 0 Å². The average molecular weight is 336 g/mol. The molecule has 0 spiro atoms. The van der Waals surface area contributed by atoms with Gasteiger partial charge in [-0.25, -0.2) is 4.79 Å². The molecule has 2 aromatic carbocycles. The molecule has 0 radical (unpaired) electrons. The number of esters is 1. The van der Waals surface area contributed by atoms with Crippen LogP contribution in [0.3, 0.4) is 0 Å². The Labute approximate surface area is 129 Å². The maximum atomic E-state index is 12.0. The second-order valence-electron chi connectivity index (χ2n) is 3.57. The van der Waals surface area contributed by atoms with Gasteiger partial charge in [0.25, 0.3) is 0 Å². The molecule has 0 saturated heterocycles. The highest BCUT2D eigenvalue weighted by molar-refractivity contribution is 6.40. The van der Waals surface area contributed by atoms with Crippen LogP contribution in [0.15, 0.2) is 36.4 Å². The molecule has 6 heteroatoms. The van der Waals surface area contributed by atoms with Crippen LogP contribution in [0.1, 0.15) is 10.4 Å². The number of carbonyl (C=O) groups is 1. The smallest absolute Gasteiger partial charge is 0.345 e. The molecular formula is C13H6Cl4O2. The Morgan fingerprint density at radius 1 is 0.895 bits per heavy atom. The number of hydrogen-bond donors (Lipinski definition) is 0. The molecule has 0 aliphatic heterocycles. The molecule has 0 atom stereocenters. The average Bonchev–Trinajstić information content (AvgIpc) is 2.34. The van der Waals surface area contributed by atoms with Crippen molar-refractivity contribution in [2.45, 2.75) is 0 Å². The van der Waals surface area contributed by atoms with Gasteiger partial charge in [-0.3, -0.25) is 0 Å². The highest BCUT2D eigenvalue weighted by Gasteiger charge is 2.17. The van der Waals surface area contributed by atoms with E-state index in [1.165, 1.54) is 12.1 Å². The van der Waals surface area contributed by atoms with Crippen molar-refractivity contribution in [1.29, 1.82) is 0 Å². The molecular weight excluding hydrogens is 330 g/mol. The van der Waals surface area contributed by atoms with Gasteiger partial charge in [0.05, 0.1) is 20.6 Å². The van der Waals surface area contributed by atoms with Crippen molar-refractivity contribution in [3.05, 3.63) is 62.1 Å². The van der Waals surface area contributed by atoms with Crippen LogP contribution in [-0.4, -0.2) is 5.97 Å². The van der Waals surface area contributed by atoms with E-state index in [1.807, 2.05) is 0 Å². The monoisotopic (exact) mass is 334 g/mol. The molecule has 0 saturated carbocycles. The fraction of sp³-hybridized carbons (Fsp3) is 0. The number of hydrogen-bond acceptors (Lipinski definition) is 2. The molecule has 0 unspecified atom stereocenters. The lowest BCUT2D eigenvalue weighted by atomic mass is 10.2. The molecule has 19 heavy (non-hydrogen) atoms. The maximum absolute atomic E-state index is 12.0. The zero-order valence-corrected chi connectivity index (χ0v) is 12.3. The van der Waals surface area contributed by atoms with E-state index in [0.29, 0.717) is 5.02 Å². The SMILES string of the molecule is O=C(Oc1c(Cl)cc(Cl)cc1Cl)c1ccccc1Cl. The minimum Gasteiger partial charge on any atom is -0.420 e. The second kappa shape index (κ2) is 6.02. The quantitative estimate of drug-likeness (QED) is 0.533. The minimum absolute atomic E-state index is 0.0534. The third-order valence-electron chi connectivity index (χ3n) is 2.25. The van der Waals surface area contributed by atoms with Crippen molar-refractivity contribution in [2.75, 3.05) is 0 Å². The summed E-state index contributed by atoms with van der Waals surface area (Å²) in [5, 5.41) is 0.942. The summed E-state index contributed by atoms with van der Waals surface area (Å²) in [6.45, 7) is 0. The zero-order valence-electron chi connectivity index (χ0n) is 9.29. The first-order valence-corrected chi connectivity index (χ1v) is 6.61. The number of carbonyl (C=O) groups excluding carboxylic acids is 1. The Hall–Kier alpha value is -0.930. The van der Waals surface area contributed by atoms with Gasteiger partial charge in [-0.05, 0) is 24.3 Å². The highest BCUT2D eigenvalue weighted by atomic mass is 35.5. The highest BCUT2D eigenvalue weighted by Crippen LogP contribution is 2.36. The van der Waals surface area contributed by atoms with Crippen LogP contribution in [0.4, 0.5) is 0 Å². The van der Waals surface area contributed by atoms with Crippen molar-refractivity contribution >= 4 is 52.4 Å². The molecule has 0 heterocycles. The van der Waals surface area contributed by atoms with Crippen LogP contribution in [0.25, 0.3) is 0 Å². The van der Waals surface area contributed by atoms with E-state index in [-0.39, 0.29) is 26.4 Å². The van der Waals surface area contributed by atoms with Crippen LogP contribution in [0.2, 0.25) is 20.1 Å². The Kier molecular flexibility index (Phi) is 4.58. The van der Waals surface area contributed by atoms with Crippen molar-refractivity contribution in [3.8, 4) is 5.75 Å². The van der Waals surface area contributed by atoms with E-state index in [1.54, 1.807) is 24.3 Å². The van der Waals surface area contributed by atoms with Crippen LogP contribution in [0.5, 0.6) is 5.75 Å². The topological polar surface area (TPSA) is 26.3 Å². The summed E-state index contributed by atoms with van der Waals surface area (Å²) < 4.78 is 5.15. The zero-order chi connectivity index (χ0) is 14.0. The van der Waals surface area contributed by atoms with Gasteiger partial charge in [-0.2, -0.15) is 0 Å². The Balaban J connectivity index is 2.32. The predicted molar refractivity (Wildman–Crippen MR) is 77.9 cm³/mol. The van der Waals surface area contributed by atoms with Crippen LogP contribution >= 0.6 is 46.4 Å². The van der Waals surface area contributed by atoms with Crippen molar-refractivity contribution in [3.63, 3.8) is 0 Å². The van der Waals surface area contributed by atoms with Crippen LogP contribution in [-0.2, 0) is 0 Å². The number of rotatable bonds is 2. The van der Waals surface area contributed by atoms with Gasteiger partial charge >= 0.3 is 5.97 Å². The molecule has 0 aliphatic rings. The molecule has 2 nitrogen and oxygen atoms in total. The Morgan fingerprint density at radius 2 is 1.47 bits per heavy atom. The summed E-state index contributed by atoms with van der Waals surface area (Å²) in [6, 6.07) is 9.38. The lowest BCUT2D eigenvalue weighted by Gasteiger charge is -2.09. The number of halogens is 4. The van der Waals surface area contributed by atoms with E-state index >= 15 is 0 Å². The van der Waals surface area contributed by atoms with Crippen molar-refractivity contribution in [2.24, 2.45) is 0 Å². The summed E-state index contributed by atoms with van der Waals surface area (Å²) in [5.74, 6) is -0.589. The van der Waals surface area contributed by atoms with Gasteiger partial charge in [0, 0.05) is 5.02 Å². The molecule has 2 rings (SSSR count). The third kappa shape index (κ3) is 3.34. The first-order valence-electron chi connectivity index (χ1n) is 5.10. The largest absolute Gasteiger partial charge is 0.420 e. The minimum atomic E-state index is -0.642. The lowest BCUT2D eigenvalue weighted by Crippen LogP contribution is -2.09. The lowest BCUT2D eigenvalue weighted by molar-refractivity contribution is 0.0735. The summed E-state index contributed by atoms with van der Waals surface area (Å²) in [6.07, 6.45) is 0. The maximum Gasteiger partial charge on any atom is 0.345 e. The summed E-state index contributed by atoms with van der Waals surface area (Å²) in [5.41, 5.74) is 0.228. The molecule has 0 bridgehead atoms. The standard InChI is InChI=1S/C13H6Cl4O2/c14-7-5-10(16)12(11(17)6-7)19-13(18)8-3-1-2-4-9(8)15/h1-6H. The number of benzene rings is 2. The number of ether oxygens (including phenoxy) is 1. The van der Waals surface area contributed by atoms with Gasteiger partial charge in [0.15, 0.2) is 5.75 Å². The first-order chi connectivity index (χ1) is 8.99. The van der Waals surface area contributed by atoms with E-state index in [4.69, 9.17) is 51.1 Å². The van der Waals surface area contributed by atoms with E-state index in [2.05, 4.69) is 0 Å². The molecule has 0 aliphatic carbocycles.